The molecule has 0 atom stereocenters. The summed E-state index contributed by atoms with van der Waals surface area (Å²) in [6.45, 7) is 4.38. The fourth-order valence-electron chi connectivity index (χ4n) is 2.60. The normalized spacial score (nSPS) is 17.4. The second-order valence-corrected chi connectivity index (χ2v) is 7.37. The number of aryl methyl sites for hydroxylation is 1. The lowest BCUT2D eigenvalue weighted by atomic mass is 10.1. The fourth-order valence-corrected chi connectivity index (χ4v) is 4.44. The number of rotatable bonds is 3. The summed E-state index contributed by atoms with van der Waals surface area (Å²) in [5.41, 5.74) is 1.04. The molecule has 116 valence electrons. The Balaban J connectivity index is 2.50. The standard InChI is InChI=1S/C14H20N2O4S/c1-11-9-13(16(17)18)10-14(12(11)2)21(19,20)15-7-5-3-4-6-8-15/h9-10H,3-8H2,1-2H3. The summed E-state index contributed by atoms with van der Waals surface area (Å²) in [5, 5.41) is 11.0. The summed E-state index contributed by atoms with van der Waals surface area (Å²) in [6.07, 6.45) is 3.73. The fraction of sp³-hybridized carbons (Fsp3) is 0.571. The smallest absolute Gasteiger partial charge is 0.258 e. The van der Waals surface area contributed by atoms with E-state index in [4.69, 9.17) is 0 Å². The Morgan fingerprint density at radius 3 is 2.19 bits per heavy atom. The first-order chi connectivity index (χ1) is 9.84. The highest BCUT2D eigenvalue weighted by Crippen LogP contribution is 2.28. The molecule has 6 nitrogen and oxygen atoms in total. The van der Waals surface area contributed by atoms with Gasteiger partial charge in [-0.1, -0.05) is 12.8 Å². The van der Waals surface area contributed by atoms with Crippen molar-refractivity contribution in [1.29, 1.82) is 0 Å². The Morgan fingerprint density at radius 1 is 1.10 bits per heavy atom. The molecule has 0 aliphatic carbocycles. The average Bonchev–Trinajstić information content (AvgIpc) is 2.70. The molecule has 21 heavy (non-hydrogen) atoms. The van der Waals surface area contributed by atoms with E-state index in [1.54, 1.807) is 13.8 Å². The van der Waals surface area contributed by atoms with Crippen LogP contribution in [0.1, 0.15) is 36.8 Å². The van der Waals surface area contributed by atoms with E-state index in [1.807, 2.05) is 0 Å². The van der Waals surface area contributed by atoms with Crippen molar-refractivity contribution in [2.45, 2.75) is 44.4 Å². The Hall–Kier alpha value is -1.47. The van der Waals surface area contributed by atoms with Crippen LogP contribution in [0.2, 0.25) is 0 Å². The molecular formula is C14H20N2O4S. The lowest BCUT2D eigenvalue weighted by molar-refractivity contribution is -0.385. The molecule has 0 amide bonds. The molecule has 1 aromatic rings. The first-order valence-corrected chi connectivity index (χ1v) is 8.54. The third-order valence-corrected chi connectivity index (χ3v) is 6.02. The van der Waals surface area contributed by atoms with Gasteiger partial charge in [0, 0.05) is 25.2 Å². The number of nitrogens with zero attached hydrogens (tertiary/aromatic N) is 2. The average molecular weight is 312 g/mol. The Kier molecular flexibility index (Phi) is 4.63. The SMILES string of the molecule is Cc1cc([N+](=O)[O-])cc(S(=O)(=O)N2CCCCCC2)c1C. The zero-order chi connectivity index (χ0) is 15.6. The summed E-state index contributed by atoms with van der Waals surface area (Å²) in [7, 11) is -3.67. The number of sulfonamides is 1. The van der Waals surface area contributed by atoms with Gasteiger partial charge in [-0.15, -0.1) is 0 Å². The van der Waals surface area contributed by atoms with E-state index in [-0.39, 0.29) is 10.6 Å². The number of hydrogen-bond donors (Lipinski definition) is 0. The highest BCUT2D eigenvalue weighted by atomic mass is 32.2. The van der Waals surface area contributed by atoms with Crippen LogP contribution >= 0.6 is 0 Å². The summed E-state index contributed by atoms with van der Waals surface area (Å²) >= 11 is 0. The number of benzene rings is 1. The van der Waals surface area contributed by atoms with Gasteiger partial charge in [0.25, 0.3) is 5.69 Å². The van der Waals surface area contributed by atoms with Gasteiger partial charge in [0.2, 0.25) is 10.0 Å². The van der Waals surface area contributed by atoms with Gasteiger partial charge in [0.15, 0.2) is 0 Å². The molecule has 1 fully saturated rings. The zero-order valence-electron chi connectivity index (χ0n) is 12.3. The van der Waals surface area contributed by atoms with E-state index < -0.39 is 14.9 Å². The number of non-ortho nitro benzene ring substituents is 1. The summed E-state index contributed by atoms with van der Waals surface area (Å²) < 4.78 is 27.0. The maximum absolute atomic E-state index is 12.8. The van der Waals surface area contributed by atoms with Gasteiger partial charge in [0.1, 0.15) is 0 Å². The molecule has 1 saturated heterocycles. The predicted molar refractivity (Wildman–Crippen MR) is 79.8 cm³/mol. The molecule has 0 radical (unpaired) electrons. The van der Waals surface area contributed by atoms with Gasteiger partial charge in [0.05, 0.1) is 9.82 Å². The van der Waals surface area contributed by atoms with E-state index in [1.165, 1.54) is 16.4 Å². The van der Waals surface area contributed by atoms with Gasteiger partial charge in [-0.3, -0.25) is 10.1 Å². The summed E-state index contributed by atoms with van der Waals surface area (Å²) in [4.78, 5) is 10.5. The summed E-state index contributed by atoms with van der Waals surface area (Å²) in [6, 6.07) is 2.60. The van der Waals surface area contributed by atoms with Crippen LogP contribution in [-0.2, 0) is 10.0 Å². The van der Waals surface area contributed by atoms with E-state index in [9.17, 15) is 18.5 Å². The van der Waals surface area contributed by atoms with Crippen molar-refractivity contribution in [3.05, 3.63) is 33.4 Å². The lowest BCUT2D eigenvalue weighted by Gasteiger charge is -2.21. The Morgan fingerprint density at radius 2 is 1.67 bits per heavy atom. The quantitative estimate of drug-likeness (QED) is 0.635. The topological polar surface area (TPSA) is 80.5 Å². The van der Waals surface area contributed by atoms with Crippen molar-refractivity contribution in [3.8, 4) is 0 Å². The van der Waals surface area contributed by atoms with E-state index in [0.29, 0.717) is 24.2 Å². The molecule has 0 unspecified atom stereocenters. The van der Waals surface area contributed by atoms with Crippen molar-refractivity contribution in [3.63, 3.8) is 0 Å². The minimum atomic E-state index is -3.67. The molecule has 0 aromatic heterocycles. The van der Waals surface area contributed by atoms with Gasteiger partial charge >= 0.3 is 0 Å². The van der Waals surface area contributed by atoms with Crippen LogP contribution in [0.15, 0.2) is 17.0 Å². The second-order valence-electron chi connectivity index (χ2n) is 5.46. The molecule has 0 N–H and O–H groups in total. The van der Waals surface area contributed by atoms with Gasteiger partial charge in [-0.2, -0.15) is 4.31 Å². The van der Waals surface area contributed by atoms with Crippen LogP contribution in [0.25, 0.3) is 0 Å². The van der Waals surface area contributed by atoms with Crippen LogP contribution in [0.4, 0.5) is 5.69 Å². The number of nitro benzene ring substituents is 1. The first-order valence-electron chi connectivity index (χ1n) is 7.10. The second kappa shape index (κ2) is 6.11. The minimum Gasteiger partial charge on any atom is -0.258 e. The van der Waals surface area contributed by atoms with E-state index in [0.717, 1.165) is 25.7 Å². The molecular weight excluding hydrogens is 292 g/mol. The van der Waals surface area contributed by atoms with Crippen LogP contribution in [0, 0.1) is 24.0 Å². The van der Waals surface area contributed by atoms with Gasteiger partial charge in [-0.25, -0.2) is 8.42 Å². The van der Waals surface area contributed by atoms with Crippen LogP contribution in [0.5, 0.6) is 0 Å². The van der Waals surface area contributed by atoms with Crippen molar-refractivity contribution >= 4 is 15.7 Å². The zero-order valence-corrected chi connectivity index (χ0v) is 13.1. The largest absolute Gasteiger partial charge is 0.271 e. The highest BCUT2D eigenvalue weighted by molar-refractivity contribution is 7.89. The Labute approximate surface area is 125 Å². The monoisotopic (exact) mass is 312 g/mol. The molecule has 0 saturated carbocycles. The molecule has 0 spiro atoms. The predicted octanol–water partition coefficient (Wildman–Crippen LogP) is 2.78. The molecule has 1 aliphatic heterocycles. The highest BCUT2D eigenvalue weighted by Gasteiger charge is 2.29. The van der Waals surface area contributed by atoms with Crippen molar-refractivity contribution in [2.75, 3.05) is 13.1 Å². The van der Waals surface area contributed by atoms with Crippen LogP contribution in [-0.4, -0.2) is 30.7 Å². The van der Waals surface area contributed by atoms with Crippen LogP contribution < -0.4 is 0 Å². The van der Waals surface area contributed by atoms with Gasteiger partial charge < -0.3 is 0 Å². The molecule has 2 rings (SSSR count). The minimum absolute atomic E-state index is 0.0658. The van der Waals surface area contributed by atoms with E-state index >= 15 is 0 Å². The molecule has 1 aliphatic rings. The van der Waals surface area contributed by atoms with Crippen molar-refractivity contribution < 1.29 is 13.3 Å². The maximum atomic E-state index is 12.8. The third-order valence-electron chi connectivity index (χ3n) is 4.00. The number of nitro groups is 1. The summed E-state index contributed by atoms with van der Waals surface area (Å²) in [5.74, 6) is 0. The third kappa shape index (κ3) is 3.24. The van der Waals surface area contributed by atoms with E-state index in [2.05, 4.69) is 0 Å². The molecule has 7 heteroatoms. The lowest BCUT2D eigenvalue weighted by Crippen LogP contribution is -2.32. The maximum Gasteiger partial charge on any atom is 0.271 e. The van der Waals surface area contributed by atoms with Crippen molar-refractivity contribution in [1.82, 2.24) is 4.31 Å². The Bertz CT molecular complexity index is 647. The van der Waals surface area contributed by atoms with Gasteiger partial charge in [-0.05, 0) is 37.8 Å². The molecule has 1 aromatic carbocycles. The van der Waals surface area contributed by atoms with Crippen molar-refractivity contribution in [2.24, 2.45) is 0 Å². The van der Waals surface area contributed by atoms with Crippen LogP contribution in [0.3, 0.4) is 0 Å². The first kappa shape index (κ1) is 15.9. The molecule has 1 heterocycles. The molecule has 0 bridgehead atoms. The number of hydrogen-bond acceptors (Lipinski definition) is 4.